The van der Waals surface area contributed by atoms with Crippen LogP contribution in [-0.4, -0.2) is 21.6 Å². The molecular weight excluding hydrogens is 332 g/mol. The summed E-state index contributed by atoms with van der Waals surface area (Å²) in [6.45, 7) is 2.23. The van der Waals surface area contributed by atoms with Gasteiger partial charge in [-0.3, -0.25) is 0 Å². The molecule has 0 spiro atoms. The number of rotatable bonds is 6. The number of hydrogen-bond acceptors (Lipinski definition) is 7. The van der Waals surface area contributed by atoms with Crippen LogP contribution in [0.15, 0.2) is 47.1 Å². The summed E-state index contributed by atoms with van der Waals surface area (Å²) in [6.07, 6.45) is 1.53. The molecule has 2 heterocycles. The number of halogens is 1. The Bertz CT molecular complexity index is 794. The zero-order valence-electron chi connectivity index (χ0n) is 12.8. The lowest BCUT2D eigenvalue weighted by Crippen LogP contribution is -2.16. The van der Waals surface area contributed by atoms with E-state index in [9.17, 15) is 0 Å². The second-order valence-corrected chi connectivity index (χ2v) is 5.18. The average molecular weight is 347 g/mol. The van der Waals surface area contributed by atoms with Crippen molar-refractivity contribution in [2.75, 3.05) is 6.61 Å². The van der Waals surface area contributed by atoms with E-state index in [2.05, 4.69) is 15.0 Å². The largest absolute Gasteiger partial charge is 0.467 e. The van der Waals surface area contributed by atoms with E-state index in [0.29, 0.717) is 23.1 Å². The lowest BCUT2D eigenvalue weighted by molar-refractivity contribution is 0.299. The molecule has 0 amide bonds. The maximum Gasteiger partial charge on any atom is 0.328 e. The molecule has 0 aliphatic rings. The minimum atomic E-state index is -0.658. The topological polar surface area (TPSA) is 96.3 Å². The van der Waals surface area contributed by atoms with Crippen LogP contribution in [0.25, 0.3) is 0 Å². The van der Waals surface area contributed by atoms with E-state index < -0.39 is 6.04 Å². The Morgan fingerprint density at radius 1 is 1.12 bits per heavy atom. The number of nitrogens with two attached hydrogens (primary N) is 1. The first-order valence-corrected chi connectivity index (χ1v) is 7.64. The molecule has 0 saturated carbocycles. The monoisotopic (exact) mass is 346 g/mol. The molecule has 0 fully saturated rings. The molecule has 0 radical (unpaired) electrons. The van der Waals surface area contributed by atoms with Crippen molar-refractivity contribution in [3.05, 3.63) is 59.3 Å². The molecule has 1 aromatic carbocycles. The van der Waals surface area contributed by atoms with Gasteiger partial charge in [0.1, 0.15) is 17.6 Å². The molecule has 0 aliphatic carbocycles. The summed E-state index contributed by atoms with van der Waals surface area (Å²) in [6, 6.07) is 9.86. The van der Waals surface area contributed by atoms with Gasteiger partial charge in [-0.15, -0.1) is 4.98 Å². The Hall–Kier alpha value is -2.64. The van der Waals surface area contributed by atoms with E-state index in [-0.39, 0.29) is 17.8 Å². The van der Waals surface area contributed by atoms with Crippen LogP contribution in [0, 0.1) is 0 Å². The molecule has 8 heteroatoms. The molecular formula is C16H15ClN4O3. The highest BCUT2D eigenvalue weighted by Gasteiger charge is 2.19. The van der Waals surface area contributed by atoms with Crippen LogP contribution < -0.4 is 15.2 Å². The van der Waals surface area contributed by atoms with Crippen molar-refractivity contribution >= 4 is 11.6 Å². The maximum absolute atomic E-state index is 6.13. The average Bonchev–Trinajstić information content (AvgIpc) is 3.11. The third-order valence-corrected chi connectivity index (χ3v) is 3.29. The lowest BCUT2D eigenvalue weighted by Gasteiger charge is -2.11. The third-order valence-electron chi connectivity index (χ3n) is 3.04. The van der Waals surface area contributed by atoms with E-state index in [1.165, 1.54) is 6.26 Å². The summed E-state index contributed by atoms with van der Waals surface area (Å²) in [5, 5.41) is 0.605. The van der Waals surface area contributed by atoms with Gasteiger partial charge in [0.05, 0.1) is 12.9 Å². The summed E-state index contributed by atoms with van der Waals surface area (Å²) >= 11 is 5.86. The zero-order chi connectivity index (χ0) is 16.9. The molecule has 7 nitrogen and oxygen atoms in total. The van der Waals surface area contributed by atoms with Crippen molar-refractivity contribution in [1.29, 1.82) is 0 Å². The quantitative estimate of drug-likeness (QED) is 0.730. The molecule has 2 N–H and O–H groups in total. The summed E-state index contributed by atoms with van der Waals surface area (Å²) < 4.78 is 16.3. The van der Waals surface area contributed by atoms with Gasteiger partial charge in [-0.1, -0.05) is 11.6 Å². The van der Waals surface area contributed by atoms with E-state index in [4.69, 9.17) is 31.2 Å². The van der Waals surface area contributed by atoms with Crippen LogP contribution in [0.2, 0.25) is 5.02 Å². The van der Waals surface area contributed by atoms with Crippen molar-refractivity contribution in [2.45, 2.75) is 13.0 Å². The fourth-order valence-corrected chi connectivity index (χ4v) is 2.06. The van der Waals surface area contributed by atoms with Crippen molar-refractivity contribution in [1.82, 2.24) is 15.0 Å². The Kier molecular flexibility index (Phi) is 4.93. The molecule has 0 bridgehead atoms. The molecule has 3 aromatic rings. The summed E-state index contributed by atoms with van der Waals surface area (Å²) in [5.41, 5.74) is 6.13. The molecule has 1 unspecified atom stereocenters. The standard InChI is InChI=1S/C16H15ClN4O3/c1-2-22-15-19-14(13(18)12-4-3-9-23-12)20-16(21-15)24-11-7-5-10(17)6-8-11/h3-9,13H,2,18H2,1H3. The zero-order valence-corrected chi connectivity index (χ0v) is 13.6. The summed E-state index contributed by atoms with van der Waals surface area (Å²) in [5.74, 6) is 1.35. The molecule has 124 valence electrons. The van der Waals surface area contributed by atoms with Gasteiger partial charge in [-0.05, 0) is 43.3 Å². The fraction of sp³-hybridized carbons (Fsp3) is 0.188. The molecule has 0 saturated heterocycles. The highest BCUT2D eigenvalue weighted by atomic mass is 35.5. The minimum absolute atomic E-state index is 0.0766. The second-order valence-electron chi connectivity index (χ2n) is 4.74. The normalized spacial score (nSPS) is 12.0. The predicted molar refractivity (Wildman–Crippen MR) is 87.3 cm³/mol. The number of ether oxygens (including phenoxy) is 2. The van der Waals surface area contributed by atoms with Crippen molar-refractivity contribution in [3.8, 4) is 17.8 Å². The molecule has 24 heavy (non-hydrogen) atoms. The molecule has 1 atom stereocenters. The third kappa shape index (κ3) is 3.81. The molecule has 3 rings (SSSR count). The fourth-order valence-electron chi connectivity index (χ4n) is 1.93. The SMILES string of the molecule is CCOc1nc(Oc2ccc(Cl)cc2)nc(C(N)c2ccco2)n1. The summed E-state index contributed by atoms with van der Waals surface area (Å²) in [7, 11) is 0. The predicted octanol–water partition coefficient (Wildman–Crippen LogP) is 3.36. The molecule has 0 aliphatic heterocycles. The Labute approximate surface area is 143 Å². The lowest BCUT2D eigenvalue weighted by atomic mass is 10.2. The number of hydrogen-bond donors (Lipinski definition) is 1. The van der Waals surface area contributed by atoms with E-state index in [0.717, 1.165) is 0 Å². The summed E-state index contributed by atoms with van der Waals surface area (Å²) in [4.78, 5) is 12.6. The van der Waals surface area contributed by atoms with Crippen LogP contribution in [0.3, 0.4) is 0 Å². The van der Waals surface area contributed by atoms with Crippen LogP contribution in [0.1, 0.15) is 24.6 Å². The van der Waals surface area contributed by atoms with E-state index >= 15 is 0 Å². The Morgan fingerprint density at radius 2 is 1.88 bits per heavy atom. The second kappa shape index (κ2) is 7.29. The van der Waals surface area contributed by atoms with Gasteiger partial charge >= 0.3 is 12.0 Å². The van der Waals surface area contributed by atoms with Gasteiger partial charge in [0.25, 0.3) is 0 Å². The highest BCUT2D eigenvalue weighted by molar-refractivity contribution is 6.30. The van der Waals surface area contributed by atoms with Crippen LogP contribution in [-0.2, 0) is 0 Å². The van der Waals surface area contributed by atoms with Gasteiger partial charge in [0.15, 0.2) is 5.82 Å². The van der Waals surface area contributed by atoms with Gasteiger partial charge < -0.3 is 19.6 Å². The highest BCUT2D eigenvalue weighted by Crippen LogP contribution is 2.24. The van der Waals surface area contributed by atoms with E-state index in [1.807, 2.05) is 6.92 Å². The maximum atomic E-state index is 6.13. The number of nitrogens with zero attached hydrogens (tertiary/aromatic N) is 3. The first-order valence-electron chi connectivity index (χ1n) is 7.27. The van der Waals surface area contributed by atoms with Crippen molar-refractivity contribution in [3.63, 3.8) is 0 Å². The Morgan fingerprint density at radius 3 is 2.54 bits per heavy atom. The smallest absolute Gasteiger partial charge is 0.328 e. The first-order chi connectivity index (χ1) is 11.7. The molecule has 2 aromatic heterocycles. The van der Waals surface area contributed by atoms with Crippen molar-refractivity contribution < 1.29 is 13.9 Å². The van der Waals surface area contributed by atoms with Gasteiger partial charge in [0, 0.05) is 5.02 Å². The Balaban J connectivity index is 1.91. The van der Waals surface area contributed by atoms with Crippen molar-refractivity contribution in [2.24, 2.45) is 5.73 Å². The minimum Gasteiger partial charge on any atom is -0.467 e. The van der Waals surface area contributed by atoms with E-state index in [1.54, 1.807) is 36.4 Å². The van der Waals surface area contributed by atoms with Gasteiger partial charge in [0.2, 0.25) is 0 Å². The number of furan rings is 1. The van der Waals surface area contributed by atoms with Gasteiger partial charge in [-0.2, -0.15) is 9.97 Å². The van der Waals surface area contributed by atoms with Gasteiger partial charge in [-0.25, -0.2) is 0 Å². The number of benzene rings is 1. The van der Waals surface area contributed by atoms with Crippen LogP contribution in [0.5, 0.6) is 17.8 Å². The first kappa shape index (κ1) is 16.2. The van der Waals surface area contributed by atoms with Crippen LogP contribution in [0.4, 0.5) is 0 Å². The van der Waals surface area contributed by atoms with Crippen LogP contribution >= 0.6 is 11.6 Å². The number of aromatic nitrogens is 3.